The molecule has 5 heteroatoms. The van der Waals surface area contributed by atoms with Crippen LogP contribution in [0.2, 0.25) is 5.02 Å². The highest BCUT2D eigenvalue weighted by molar-refractivity contribution is 7.19. The lowest BCUT2D eigenvalue weighted by atomic mass is 9.94. The molecule has 2 heterocycles. The highest BCUT2D eigenvalue weighted by Gasteiger charge is 2.27. The molecule has 1 aliphatic carbocycles. The Morgan fingerprint density at radius 2 is 1.88 bits per heavy atom. The molecule has 0 spiro atoms. The summed E-state index contributed by atoms with van der Waals surface area (Å²) in [5, 5.41) is 1.95. The van der Waals surface area contributed by atoms with Crippen molar-refractivity contribution in [1.29, 1.82) is 0 Å². The quantitative estimate of drug-likeness (QED) is 0.745. The number of hydrogen-bond donors (Lipinski definition) is 0. The number of thiophene rings is 1. The minimum atomic E-state index is 0.272. The highest BCUT2D eigenvalue weighted by Crippen LogP contribution is 2.33. The van der Waals surface area contributed by atoms with Gasteiger partial charge in [0.15, 0.2) is 0 Å². The molecular formula is C21H27ClN2OS. The third-order valence-corrected chi connectivity index (χ3v) is 7.57. The van der Waals surface area contributed by atoms with Gasteiger partial charge in [0, 0.05) is 46.8 Å². The molecule has 2 aliphatic rings. The zero-order valence-corrected chi connectivity index (χ0v) is 17.0. The van der Waals surface area contributed by atoms with Gasteiger partial charge in [-0.25, -0.2) is 0 Å². The van der Waals surface area contributed by atoms with E-state index in [-0.39, 0.29) is 5.91 Å². The van der Waals surface area contributed by atoms with Gasteiger partial charge in [0.1, 0.15) is 0 Å². The lowest BCUT2D eigenvalue weighted by Crippen LogP contribution is -2.52. The van der Waals surface area contributed by atoms with Crippen molar-refractivity contribution in [2.45, 2.75) is 51.5 Å². The van der Waals surface area contributed by atoms with Crippen LogP contribution in [0, 0.1) is 6.92 Å². The largest absolute Gasteiger partial charge is 0.340 e. The zero-order valence-electron chi connectivity index (χ0n) is 15.5. The molecule has 1 amide bonds. The summed E-state index contributed by atoms with van der Waals surface area (Å²) in [5.41, 5.74) is 1.21. The fourth-order valence-electron chi connectivity index (χ4n) is 4.44. The Bertz CT molecular complexity index is 789. The molecule has 1 aromatic heterocycles. The molecule has 1 aromatic carbocycles. The van der Waals surface area contributed by atoms with Crippen molar-refractivity contribution >= 4 is 38.9 Å². The smallest absolute Gasteiger partial charge is 0.227 e. The number of carbonyl (C=O) groups is 1. The number of benzene rings is 1. The summed E-state index contributed by atoms with van der Waals surface area (Å²) >= 11 is 7.86. The van der Waals surface area contributed by atoms with Gasteiger partial charge in [0.25, 0.3) is 0 Å². The van der Waals surface area contributed by atoms with Crippen LogP contribution < -0.4 is 0 Å². The number of amides is 1. The lowest BCUT2D eigenvalue weighted by molar-refractivity contribution is -0.132. The molecule has 0 N–H and O–H groups in total. The van der Waals surface area contributed by atoms with Crippen molar-refractivity contribution < 1.29 is 4.79 Å². The van der Waals surface area contributed by atoms with Gasteiger partial charge in [-0.3, -0.25) is 9.69 Å². The van der Waals surface area contributed by atoms with Crippen LogP contribution in [-0.4, -0.2) is 47.9 Å². The van der Waals surface area contributed by atoms with E-state index in [1.807, 2.05) is 12.1 Å². The van der Waals surface area contributed by atoms with E-state index in [2.05, 4.69) is 22.8 Å². The van der Waals surface area contributed by atoms with Crippen LogP contribution in [-0.2, 0) is 11.2 Å². The first-order valence-corrected chi connectivity index (χ1v) is 11.0. The van der Waals surface area contributed by atoms with Crippen molar-refractivity contribution in [1.82, 2.24) is 9.80 Å². The Balaban J connectivity index is 1.38. The van der Waals surface area contributed by atoms with Crippen molar-refractivity contribution in [3.05, 3.63) is 33.7 Å². The van der Waals surface area contributed by atoms with Crippen molar-refractivity contribution in [2.24, 2.45) is 0 Å². The second kappa shape index (κ2) is 7.87. The van der Waals surface area contributed by atoms with E-state index in [0.29, 0.717) is 6.42 Å². The van der Waals surface area contributed by atoms with Crippen LogP contribution in [0.3, 0.4) is 0 Å². The van der Waals surface area contributed by atoms with Gasteiger partial charge in [-0.15, -0.1) is 11.3 Å². The predicted molar refractivity (Wildman–Crippen MR) is 110 cm³/mol. The Labute approximate surface area is 164 Å². The summed E-state index contributed by atoms with van der Waals surface area (Å²) in [6.45, 7) is 5.95. The fourth-order valence-corrected chi connectivity index (χ4v) is 5.80. The molecule has 1 saturated heterocycles. The zero-order chi connectivity index (χ0) is 18.1. The third-order valence-electron chi connectivity index (χ3n) is 6.07. The molecule has 0 bridgehead atoms. The predicted octanol–water partition coefficient (Wildman–Crippen LogP) is 4.88. The summed E-state index contributed by atoms with van der Waals surface area (Å²) in [4.78, 5) is 18.7. The SMILES string of the molecule is Cc1c(CC(=O)N2CCN(C3CCCCC3)CC2)sc2ccc(Cl)cc12. The van der Waals surface area contributed by atoms with Crippen molar-refractivity contribution in [3.8, 4) is 0 Å². The normalized spacial score (nSPS) is 20.0. The maximum Gasteiger partial charge on any atom is 0.227 e. The van der Waals surface area contributed by atoms with E-state index in [1.165, 1.54) is 52.6 Å². The maximum atomic E-state index is 12.8. The molecular weight excluding hydrogens is 364 g/mol. The molecule has 2 fully saturated rings. The first kappa shape index (κ1) is 18.3. The average Bonchev–Trinajstić information content (AvgIpc) is 2.98. The second-order valence-corrected chi connectivity index (χ2v) is 9.25. The highest BCUT2D eigenvalue weighted by atomic mass is 35.5. The summed E-state index contributed by atoms with van der Waals surface area (Å²) in [5.74, 6) is 0.272. The number of carbonyl (C=O) groups excluding carboxylic acids is 1. The van der Waals surface area contributed by atoms with E-state index in [1.54, 1.807) is 11.3 Å². The standard InChI is InChI=1S/C21H27ClN2OS/c1-15-18-13-16(22)7-8-19(18)26-20(15)14-21(25)24-11-9-23(10-12-24)17-5-3-2-4-6-17/h7-8,13,17H,2-6,9-12,14H2,1H3. The molecule has 1 saturated carbocycles. The van der Waals surface area contributed by atoms with Crippen LogP contribution in [0.5, 0.6) is 0 Å². The molecule has 0 radical (unpaired) electrons. The Morgan fingerprint density at radius 1 is 1.15 bits per heavy atom. The van der Waals surface area contributed by atoms with E-state index in [4.69, 9.17) is 11.6 Å². The molecule has 2 aromatic rings. The number of rotatable bonds is 3. The van der Waals surface area contributed by atoms with Crippen molar-refractivity contribution in [3.63, 3.8) is 0 Å². The first-order valence-electron chi connectivity index (χ1n) is 9.81. The van der Waals surface area contributed by atoms with Crippen LogP contribution >= 0.6 is 22.9 Å². The van der Waals surface area contributed by atoms with E-state index in [0.717, 1.165) is 37.2 Å². The van der Waals surface area contributed by atoms with Gasteiger partial charge in [-0.2, -0.15) is 0 Å². The fraction of sp³-hybridized carbons (Fsp3) is 0.571. The van der Waals surface area contributed by atoms with Crippen LogP contribution in [0.15, 0.2) is 18.2 Å². The van der Waals surface area contributed by atoms with E-state index in [9.17, 15) is 4.79 Å². The van der Waals surface area contributed by atoms with Crippen molar-refractivity contribution in [2.75, 3.05) is 26.2 Å². The summed E-state index contributed by atoms with van der Waals surface area (Å²) in [6, 6.07) is 6.76. The Hall–Kier alpha value is -1.10. The lowest BCUT2D eigenvalue weighted by Gasteiger charge is -2.40. The van der Waals surface area contributed by atoms with Crippen LogP contribution in [0.25, 0.3) is 10.1 Å². The molecule has 140 valence electrons. The molecule has 3 nitrogen and oxygen atoms in total. The van der Waals surface area contributed by atoms with E-state index >= 15 is 0 Å². The minimum Gasteiger partial charge on any atom is -0.340 e. The van der Waals surface area contributed by atoms with Gasteiger partial charge < -0.3 is 4.90 Å². The summed E-state index contributed by atoms with van der Waals surface area (Å²) in [7, 11) is 0. The molecule has 0 atom stereocenters. The number of piperazine rings is 1. The molecule has 1 aliphatic heterocycles. The molecule has 4 rings (SSSR count). The summed E-state index contributed by atoms with van der Waals surface area (Å²) < 4.78 is 1.22. The maximum absolute atomic E-state index is 12.8. The van der Waals surface area contributed by atoms with Gasteiger partial charge in [-0.1, -0.05) is 30.9 Å². The van der Waals surface area contributed by atoms with Gasteiger partial charge in [-0.05, 0) is 48.9 Å². The second-order valence-electron chi connectivity index (χ2n) is 7.68. The number of halogens is 1. The monoisotopic (exact) mass is 390 g/mol. The first-order chi connectivity index (χ1) is 12.6. The van der Waals surface area contributed by atoms with Gasteiger partial charge in [0.2, 0.25) is 5.91 Å². The molecule has 0 unspecified atom stereocenters. The van der Waals surface area contributed by atoms with Crippen LogP contribution in [0.1, 0.15) is 42.5 Å². The average molecular weight is 391 g/mol. The Kier molecular flexibility index (Phi) is 5.53. The van der Waals surface area contributed by atoms with Gasteiger partial charge >= 0.3 is 0 Å². The number of aryl methyl sites for hydroxylation is 1. The minimum absolute atomic E-state index is 0.272. The van der Waals surface area contributed by atoms with Crippen LogP contribution in [0.4, 0.5) is 0 Å². The number of nitrogens with zero attached hydrogens (tertiary/aromatic N) is 2. The number of hydrogen-bond acceptors (Lipinski definition) is 3. The third kappa shape index (κ3) is 3.78. The number of fused-ring (bicyclic) bond motifs is 1. The summed E-state index contributed by atoms with van der Waals surface area (Å²) in [6.07, 6.45) is 7.36. The van der Waals surface area contributed by atoms with E-state index < -0.39 is 0 Å². The topological polar surface area (TPSA) is 23.6 Å². The van der Waals surface area contributed by atoms with Gasteiger partial charge in [0.05, 0.1) is 6.42 Å². The molecule has 26 heavy (non-hydrogen) atoms. The Morgan fingerprint density at radius 3 is 2.62 bits per heavy atom.